The van der Waals surface area contributed by atoms with Crippen molar-refractivity contribution in [2.24, 2.45) is 40.4 Å². The lowest BCUT2D eigenvalue weighted by molar-refractivity contribution is -0.242. The van der Waals surface area contributed by atoms with Gasteiger partial charge < -0.3 is 9.47 Å². The van der Waals surface area contributed by atoms with Gasteiger partial charge in [0.05, 0.1) is 11.1 Å². The van der Waals surface area contributed by atoms with Gasteiger partial charge in [0.2, 0.25) is 0 Å². The predicted molar refractivity (Wildman–Crippen MR) is 134 cm³/mol. The lowest BCUT2D eigenvalue weighted by Gasteiger charge is -2.60. The molecule has 0 amide bonds. The minimum atomic E-state index is -0.975. The summed E-state index contributed by atoms with van der Waals surface area (Å²) in [5, 5.41) is 0. The molecule has 6 rings (SSSR count). The number of fused-ring (bicyclic) bond motifs is 9. The van der Waals surface area contributed by atoms with Crippen LogP contribution in [0.15, 0.2) is 60.7 Å². The van der Waals surface area contributed by atoms with Crippen LogP contribution in [-0.2, 0) is 9.47 Å². The molecule has 0 saturated heterocycles. The Morgan fingerprint density at radius 3 is 1.43 bits per heavy atom. The Bertz CT molecular complexity index is 1090. The van der Waals surface area contributed by atoms with E-state index < -0.39 is 11.2 Å². The first-order chi connectivity index (χ1) is 16.6. The van der Waals surface area contributed by atoms with Gasteiger partial charge in [0.15, 0.2) is 11.2 Å². The van der Waals surface area contributed by atoms with Crippen molar-refractivity contribution in [2.75, 3.05) is 0 Å². The van der Waals surface area contributed by atoms with Crippen molar-refractivity contribution in [3.8, 4) is 0 Å². The minimum Gasteiger partial charge on any atom is -0.451 e. The summed E-state index contributed by atoms with van der Waals surface area (Å²) in [5.41, 5.74) is -1.50. The van der Waals surface area contributed by atoms with Crippen molar-refractivity contribution in [3.63, 3.8) is 0 Å². The molecule has 4 aliphatic rings. The maximum Gasteiger partial charge on any atom is 0.338 e. The van der Waals surface area contributed by atoms with Gasteiger partial charge in [-0.3, -0.25) is 0 Å². The summed E-state index contributed by atoms with van der Waals surface area (Å²) in [7, 11) is 0. The second kappa shape index (κ2) is 7.21. The monoisotopic (exact) mass is 472 g/mol. The summed E-state index contributed by atoms with van der Waals surface area (Å²) in [4.78, 5) is 27.1. The summed E-state index contributed by atoms with van der Waals surface area (Å²) < 4.78 is 13.2. The first-order valence-electron chi connectivity index (χ1n) is 13.2. The van der Waals surface area contributed by atoms with E-state index in [1.165, 1.54) is 19.3 Å². The van der Waals surface area contributed by atoms with Gasteiger partial charge in [0, 0.05) is 10.8 Å². The summed E-state index contributed by atoms with van der Waals surface area (Å²) in [5.74, 6) is 1.79. The molecule has 35 heavy (non-hydrogen) atoms. The lowest BCUT2D eigenvalue weighted by atomic mass is 9.51. The third kappa shape index (κ3) is 2.53. The molecule has 0 N–H and O–H groups in total. The standard InChI is InChI=1S/C31H36O4/c1-19-28(2)24-22-16-17-23(18-22)25(24)29(19,3)31(5,35-27(33)21-14-10-7-11-15-21)30(28,4)34-26(32)20-12-8-6-9-13-20/h6-15,19,22-25H,16-18H2,1-5H3. The molecule has 2 aromatic rings. The van der Waals surface area contributed by atoms with Gasteiger partial charge in [-0.1, -0.05) is 57.2 Å². The van der Waals surface area contributed by atoms with Crippen molar-refractivity contribution < 1.29 is 19.1 Å². The number of hydrogen-bond acceptors (Lipinski definition) is 4. The van der Waals surface area contributed by atoms with Gasteiger partial charge in [0.1, 0.15) is 0 Å². The Kier molecular flexibility index (Phi) is 4.70. The van der Waals surface area contributed by atoms with Crippen LogP contribution in [0.1, 0.15) is 74.6 Å². The summed E-state index contributed by atoms with van der Waals surface area (Å²) >= 11 is 0. The Balaban J connectivity index is 1.49. The molecular formula is C31H36O4. The maximum atomic E-state index is 13.6. The van der Waals surface area contributed by atoms with Crippen LogP contribution >= 0.6 is 0 Å². The van der Waals surface area contributed by atoms with Crippen LogP contribution < -0.4 is 0 Å². The number of hydrogen-bond donors (Lipinski definition) is 0. The zero-order chi connectivity index (χ0) is 24.8. The highest BCUT2D eigenvalue weighted by atomic mass is 16.6. The number of carbonyl (C=O) groups excluding carboxylic acids is 2. The second-order valence-corrected chi connectivity index (χ2v) is 12.2. The number of rotatable bonds is 4. The van der Waals surface area contributed by atoms with Gasteiger partial charge in [-0.05, 0) is 87.0 Å². The molecule has 0 heterocycles. The van der Waals surface area contributed by atoms with E-state index in [-0.39, 0.29) is 28.7 Å². The van der Waals surface area contributed by atoms with E-state index in [1.54, 1.807) is 24.3 Å². The quantitative estimate of drug-likeness (QED) is 0.374. The van der Waals surface area contributed by atoms with Crippen LogP contribution in [-0.4, -0.2) is 23.1 Å². The summed E-state index contributed by atoms with van der Waals surface area (Å²) in [6.07, 6.45) is 3.76. The van der Waals surface area contributed by atoms with Crippen LogP contribution in [0.3, 0.4) is 0 Å². The molecule has 4 aliphatic carbocycles. The highest BCUT2D eigenvalue weighted by Crippen LogP contribution is 2.85. The molecule has 4 heteroatoms. The van der Waals surface area contributed by atoms with E-state index in [2.05, 4.69) is 34.6 Å². The van der Waals surface area contributed by atoms with Gasteiger partial charge in [-0.25, -0.2) is 9.59 Å². The summed E-state index contributed by atoms with van der Waals surface area (Å²) in [6, 6.07) is 18.4. The number of benzene rings is 2. The number of esters is 2. The third-order valence-corrected chi connectivity index (χ3v) is 11.7. The van der Waals surface area contributed by atoms with Gasteiger partial charge in [-0.15, -0.1) is 0 Å². The number of carbonyl (C=O) groups is 2. The average Bonchev–Trinajstić information content (AvgIpc) is 3.56. The molecule has 8 unspecified atom stereocenters. The van der Waals surface area contributed by atoms with Gasteiger partial charge in [0.25, 0.3) is 0 Å². The van der Waals surface area contributed by atoms with E-state index in [0.717, 1.165) is 0 Å². The normalized spacial score (nSPS) is 44.8. The number of ether oxygens (including phenoxy) is 2. The van der Waals surface area contributed by atoms with Crippen molar-refractivity contribution in [3.05, 3.63) is 71.8 Å². The molecule has 0 aliphatic heterocycles. The Morgan fingerprint density at radius 2 is 1.06 bits per heavy atom. The largest absolute Gasteiger partial charge is 0.451 e. The van der Waals surface area contributed by atoms with Crippen molar-refractivity contribution in [2.45, 2.75) is 65.1 Å². The lowest BCUT2D eigenvalue weighted by Crippen LogP contribution is -2.69. The third-order valence-electron chi connectivity index (χ3n) is 11.7. The van der Waals surface area contributed by atoms with Crippen LogP contribution in [0.25, 0.3) is 0 Å². The van der Waals surface area contributed by atoms with E-state index in [9.17, 15) is 9.59 Å². The van der Waals surface area contributed by atoms with E-state index >= 15 is 0 Å². The Morgan fingerprint density at radius 1 is 0.686 bits per heavy atom. The van der Waals surface area contributed by atoms with Crippen LogP contribution in [0, 0.1) is 40.4 Å². The summed E-state index contributed by atoms with van der Waals surface area (Å²) in [6.45, 7) is 11.1. The average molecular weight is 473 g/mol. The molecule has 4 bridgehead atoms. The minimum absolute atomic E-state index is 0.232. The van der Waals surface area contributed by atoms with Crippen molar-refractivity contribution in [1.29, 1.82) is 0 Å². The Labute approximate surface area is 208 Å². The highest BCUT2D eigenvalue weighted by Gasteiger charge is 2.89. The highest BCUT2D eigenvalue weighted by molar-refractivity contribution is 5.91. The molecule has 0 radical (unpaired) electrons. The molecule has 4 saturated carbocycles. The first kappa shape index (κ1) is 22.8. The fraction of sp³-hybridized carbons (Fsp3) is 0.548. The smallest absolute Gasteiger partial charge is 0.338 e. The fourth-order valence-electron chi connectivity index (χ4n) is 9.76. The second-order valence-electron chi connectivity index (χ2n) is 12.2. The SMILES string of the molecule is CC1C2(C)C3C4CCC(C4)C3C1(C)C(C)(OC(=O)c1ccccc1)C2(C)OC(=O)c1ccccc1. The Hall–Kier alpha value is -2.62. The van der Waals surface area contributed by atoms with Gasteiger partial charge >= 0.3 is 11.9 Å². The molecule has 184 valence electrons. The molecule has 0 aromatic heterocycles. The van der Waals surface area contributed by atoms with E-state index in [1.807, 2.05) is 36.4 Å². The molecule has 4 fully saturated rings. The molecule has 4 nitrogen and oxygen atoms in total. The van der Waals surface area contributed by atoms with Crippen molar-refractivity contribution >= 4 is 11.9 Å². The van der Waals surface area contributed by atoms with Crippen LogP contribution in [0.4, 0.5) is 0 Å². The van der Waals surface area contributed by atoms with Crippen LogP contribution in [0.5, 0.6) is 0 Å². The first-order valence-corrected chi connectivity index (χ1v) is 13.2. The zero-order valence-corrected chi connectivity index (χ0v) is 21.4. The van der Waals surface area contributed by atoms with Gasteiger partial charge in [-0.2, -0.15) is 0 Å². The topological polar surface area (TPSA) is 52.6 Å². The maximum absolute atomic E-state index is 13.6. The predicted octanol–water partition coefficient (Wildman–Crippen LogP) is 6.56. The molecule has 0 spiro atoms. The van der Waals surface area contributed by atoms with E-state index in [4.69, 9.17) is 9.47 Å². The molecule has 2 aromatic carbocycles. The molecular weight excluding hydrogens is 436 g/mol. The zero-order valence-electron chi connectivity index (χ0n) is 21.4. The van der Waals surface area contributed by atoms with E-state index in [0.29, 0.717) is 34.8 Å². The van der Waals surface area contributed by atoms with Crippen LogP contribution in [0.2, 0.25) is 0 Å². The van der Waals surface area contributed by atoms with Crippen molar-refractivity contribution in [1.82, 2.24) is 0 Å². The molecule has 8 atom stereocenters. The fourth-order valence-corrected chi connectivity index (χ4v) is 9.76.